The molecule has 0 amide bonds. The Bertz CT molecular complexity index is 150. The molecule has 0 N–H and O–H groups in total. The largest absolute Gasteiger partial charge is 0.120 e. The van der Waals surface area contributed by atoms with Crippen molar-refractivity contribution in [2.45, 2.75) is 53.4 Å². The summed E-state index contributed by atoms with van der Waals surface area (Å²) in [7, 11) is 0. The molecule has 2 rings (SSSR count). The molecule has 2 fully saturated rings. The maximum absolute atomic E-state index is 4.60. The minimum absolute atomic E-state index is 1.08. The van der Waals surface area contributed by atoms with Gasteiger partial charge in [0.25, 0.3) is 0 Å². The van der Waals surface area contributed by atoms with E-state index in [1.165, 1.54) is 0 Å². The van der Waals surface area contributed by atoms with Gasteiger partial charge in [-0.2, -0.15) is 0 Å². The molecule has 0 saturated heterocycles. The molecule has 0 aromatic rings. The molecule has 2 aliphatic rings. The highest BCUT2D eigenvalue weighted by Gasteiger charge is 2.36. The summed E-state index contributed by atoms with van der Waals surface area (Å²) in [6.45, 7) is 8.07. The first-order chi connectivity index (χ1) is 6.27. The number of rotatable bonds is 0. The summed E-state index contributed by atoms with van der Waals surface area (Å²) in [5, 5.41) is 0. The van der Waals surface area contributed by atoms with Gasteiger partial charge in [-0.25, -0.2) is 0 Å². The average Bonchev–Trinajstić information content (AvgIpc) is 2.70. The Balaban J connectivity index is 0.000000251. The standard InChI is InChI=1S/C8H14.C3H4.C2H6/c1-6-4-7-2-3-8(6)5-7;1-3-2;1-2/h6-8H,2-5H2,1H3;1H,2H3;1-2H3. The van der Waals surface area contributed by atoms with Crippen LogP contribution in [0.15, 0.2) is 0 Å². The number of hydrogen-bond donors (Lipinski definition) is 0. The third kappa shape index (κ3) is 3.85. The molecule has 2 bridgehead atoms. The summed E-state index contributed by atoms with van der Waals surface area (Å²) >= 11 is 0. The van der Waals surface area contributed by atoms with Crippen LogP contribution in [0.2, 0.25) is 0 Å². The van der Waals surface area contributed by atoms with Gasteiger partial charge >= 0.3 is 0 Å². The van der Waals surface area contributed by atoms with Crippen molar-refractivity contribution in [1.82, 2.24) is 0 Å². The first kappa shape index (κ1) is 12.6. The third-order valence-electron chi connectivity index (χ3n) is 3.09. The van der Waals surface area contributed by atoms with Crippen molar-refractivity contribution in [2.75, 3.05) is 0 Å². The van der Waals surface area contributed by atoms with Crippen molar-refractivity contribution in [3.05, 3.63) is 0 Å². The summed E-state index contributed by atoms with van der Waals surface area (Å²) in [4.78, 5) is 0. The predicted octanol–water partition coefficient (Wildman–Crippen LogP) is 4.11. The molecule has 0 spiro atoms. The van der Waals surface area contributed by atoms with E-state index in [4.69, 9.17) is 0 Å². The van der Waals surface area contributed by atoms with Gasteiger partial charge in [-0.3, -0.25) is 0 Å². The summed E-state index contributed by atoms with van der Waals surface area (Å²) in [5.41, 5.74) is 0. The predicted molar refractivity (Wildman–Crippen MR) is 60.5 cm³/mol. The van der Waals surface area contributed by atoms with Gasteiger partial charge in [-0.05, 0) is 43.9 Å². The lowest BCUT2D eigenvalue weighted by Crippen LogP contribution is -2.04. The van der Waals surface area contributed by atoms with E-state index >= 15 is 0 Å². The van der Waals surface area contributed by atoms with E-state index in [-0.39, 0.29) is 0 Å². The van der Waals surface area contributed by atoms with Crippen LogP contribution in [0.5, 0.6) is 0 Å². The van der Waals surface area contributed by atoms with E-state index in [1.807, 2.05) is 13.8 Å². The van der Waals surface area contributed by atoms with Crippen molar-refractivity contribution in [2.24, 2.45) is 17.8 Å². The Hall–Kier alpha value is -0.440. The molecule has 3 unspecified atom stereocenters. The van der Waals surface area contributed by atoms with Gasteiger partial charge in [-0.1, -0.05) is 27.2 Å². The average molecular weight is 180 g/mol. The van der Waals surface area contributed by atoms with E-state index in [0.29, 0.717) is 0 Å². The molecule has 13 heavy (non-hydrogen) atoms. The van der Waals surface area contributed by atoms with E-state index in [0.717, 1.165) is 17.8 Å². The molecule has 3 atom stereocenters. The molecule has 0 heteroatoms. The first-order valence-corrected chi connectivity index (χ1v) is 5.65. The zero-order valence-electron chi connectivity index (χ0n) is 9.64. The van der Waals surface area contributed by atoms with E-state index < -0.39 is 0 Å². The van der Waals surface area contributed by atoms with E-state index in [2.05, 4.69) is 19.3 Å². The third-order valence-corrected chi connectivity index (χ3v) is 3.09. The summed E-state index contributed by atoms with van der Waals surface area (Å²) < 4.78 is 0. The van der Waals surface area contributed by atoms with Crippen molar-refractivity contribution in [1.29, 1.82) is 0 Å². The lowest BCUT2D eigenvalue weighted by molar-refractivity contribution is 0.360. The van der Waals surface area contributed by atoms with Gasteiger partial charge in [0, 0.05) is 0 Å². The second-order valence-corrected chi connectivity index (χ2v) is 3.94. The van der Waals surface area contributed by atoms with Gasteiger partial charge in [0.1, 0.15) is 0 Å². The van der Waals surface area contributed by atoms with Crippen LogP contribution in [0.4, 0.5) is 0 Å². The summed E-state index contributed by atoms with van der Waals surface area (Å²) in [6.07, 6.45) is 10.8. The lowest BCUT2D eigenvalue weighted by atomic mass is 9.91. The molecular weight excluding hydrogens is 156 g/mol. The quantitative estimate of drug-likeness (QED) is 0.492. The lowest BCUT2D eigenvalue weighted by Gasteiger charge is -2.15. The van der Waals surface area contributed by atoms with Crippen molar-refractivity contribution < 1.29 is 0 Å². The maximum atomic E-state index is 4.60. The van der Waals surface area contributed by atoms with Crippen LogP contribution in [0.3, 0.4) is 0 Å². The van der Waals surface area contributed by atoms with Gasteiger partial charge in [0.15, 0.2) is 0 Å². The molecule has 0 aliphatic heterocycles. The summed E-state index contributed by atoms with van der Waals surface area (Å²) in [5.74, 6) is 5.61. The van der Waals surface area contributed by atoms with Crippen LogP contribution < -0.4 is 0 Å². The molecule has 0 nitrogen and oxygen atoms in total. The van der Waals surface area contributed by atoms with Crippen molar-refractivity contribution in [3.63, 3.8) is 0 Å². The minimum Gasteiger partial charge on any atom is -0.120 e. The van der Waals surface area contributed by atoms with E-state index in [1.54, 1.807) is 32.6 Å². The Kier molecular flexibility index (Phi) is 6.77. The Labute approximate surface area is 84.1 Å². The Morgan fingerprint density at radius 3 is 1.85 bits per heavy atom. The van der Waals surface area contributed by atoms with Crippen molar-refractivity contribution in [3.8, 4) is 12.3 Å². The monoisotopic (exact) mass is 180 g/mol. The molecule has 0 radical (unpaired) electrons. The highest BCUT2D eigenvalue weighted by Crippen LogP contribution is 2.47. The van der Waals surface area contributed by atoms with Crippen LogP contribution in [-0.4, -0.2) is 0 Å². The second-order valence-electron chi connectivity index (χ2n) is 3.94. The zero-order valence-corrected chi connectivity index (χ0v) is 9.64. The van der Waals surface area contributed by atoms with Crippen LogP contribution in [0.1, 0.15) is 53.4 Å². The smallest absolute Gasteiger partial charge is 0.00297 e. The maximum Gasteiger partial charge on any atom is -0.00297 e. The van der Waals surface area contributed by atoms with Crippen LogP contribution in [-0.2, 0) is 0 Å². The highest BCUT2D eigenvalue weighted by molar-refractivity contribution is 4.87. The SMILES string of the molecule is C#CC.CC.CC1CC2CCC1C2. The second kappa shape index (κ2) is 7.01. The molecule has 0 aromatic heterocycles. The Morgan fingerprint density at radius 2 is 1.69 bits per heavy atom. The highest BCUT2D eigenvalue weighted by atomic mass is 14.4. The van der Waals surface area contributed by atoms with Gasteiger partial charge in [-0.15, -0.1) is 12.3 Å². The van der Waals surface area contributed by atoms with Gasteiger partial charge in [0.2, 0.25) is 0 Å². The number of hydrogen-bond acceptors (Lipinski definition) is 0. The first-order valence-electron chi connectivity index (χ1n) is 5.65. The molecule has 0 heterocycles. The Morgan fingerprint density at radius 1 is 1.15 bits per heavy atom. The zero-order chi connectivity index (χ0) is 10.3. The van der Waals surface area contributed by atoms with Gasteiger partial charge < -0.3 is 0 Å². The number of terminal acetylenes is 1. The van der Waals surface area contributed by atoms with Crippen LogP contribution >= 0.6 is 0 Å². The van der Waals surface area contributed by atoms with Crippen LogP contribution in [0.25, 0.3) is 0 Å². The normalized spacial score (nSPS) is 33.6. The van der Waals surface area contributed by atoms with Crippen LogP contribution in [0, 0.1) is 30.1 Å². The van der Waals surface area contributed by atoms with Crippen molar-refractivity contribution >= 4 is 0 Å². The summed E-state index contributed by atoms with van der Waals surface area (Å²) in [6, 6.07) is 0. The fraction of sp³-hybridized carbons (Fsp3) is 0.846. The molecular formula is C13H24. The molecule has 76 valence electrons. The molecule has 2 aliphatic carbocycles. The van der Waals surface area contributed by atoms with E-state index in [9.17, 15) is 0 Å². The minimum atomic E-state index is 1.08. The fourth-order valence-electron chi connectivity index (χ4n) is 2.56. The van der Waals surface area contributed by atoms with Gasteiger partial charge in [0.05, 0.1) is 0 Å². The number of fused-ring (bicyclic) bond motifs is 2. The topological polar surface area (TPSA) is 0 Å². The molecule has 2 saturated carbocycles. The fourth-order valence-corrected chi connectivity index (χ4v) is 2.56. The molecule has 0 aromatic carbocycles.